The van der Waals surface area contributed by atoms with Crippen molar-refractivity contribution in [2.75, 3.05) is 46.9 Å². The monoisotopic (exact) mass is 489 g/mol. The molecule has 1 N–H and O–H groups in total. The quantitative estimate of drug-likeness (QED) is 0.388. The van der Waals surface area contributed by atoms with E-state index in [2.05, 4.69) is 20.2 Å². The summed E-state index contributed by atoms with van der Waals surface area (Å²) >= 11 is 0. The van der Waals surface area contributed by atoms with Crippen LogP contribution in [0.3, 0.4) is 0 Å². The molecule has 3 rings (SSSR count). The first kappa shape index (κ1) is 21.7. The van der Waals surface area contributed by atoms with Crippen LogP contribution in [0.5, 0.6) is 5.88 Å². The lowest BCUT2D eigenvalue weighted by Gasteiger charge is -2.37. The SMILES string of the molecule is CN=C(NCc1ccc(OC)nc1)N1CCN(C(=O)C2CCCO2)CC1.I. The second kappa shape index (κ2) is 10.6. The van der Waals surface area contributed by atoms with Gasteiger partial charge in [-0.05, 0) is 18.4 Å². The third-order valence-electron chi connectivity index (χ3n) is 4.77. The molecule has 1 atom stereocenters. The van der Waals surface area contributed by atoms with Gasteiger partial charge in [0.2, 0.25) is 5.88 Å². The van der Waals surface area contributed by atoms with Crippen molar-refractivity contribution in [1.82, 2.24) is 20.1 Å². The van der Waals surface area contributed by atoms with Gasteiger partial charge in [-0.2, -0.15) is 0 Å². The zero-order valence-corrected chi connectivity index (χ0v) is 18.2. The van der Waals surface area contributed by atoms with Gasteiger partial charge in [0.25, 0.3) is 5.91 Å². The second-order valence-corrected chi connectivity index (χ2v) is 6.42. The molecule has 0 bridgehead atoms. The Morgan fingerprint density at radius 2 is 2.07 bits per heavy atom. The number of hydrogen-bond acceptors (Lipinski definition) is 5. The van der Waals surface area contributed by atoms with Gasteiger partial charge >= 0.3 is 0 Å². The number of rotatable bonds is 4. The maximum atomic E-state index is 12.4. The molecule has 1 aromatic rings. The lowest BCUT2D eigenvalue weighted by Crippen LogP contribution is -2.55. The molecule has 2 saturated heterocycles. The maximum absolute atomic E-state index is 12.4. The van der Waals surface area contributed by atoms with Gasteiger partial charge in [0, 0.05) is 58.6 Å². The van der Waals surface area contributed by atoms with Gasteiger partial charge in [-0.3, -0.25) is 9.79 Å². The lowest BCUT2D eigenvalue weighted by atomic mass is 10.2. The molecule has 150 valence electrons. The number of nitrogens with one attached hydrogen (secondary N) is 1. The smallest absolute Gasteiger partial charge is 0.251 e. The number of piperazine rings is 1. The van der Waals surface area contributed by atoms with Crippen LogP contribution in [0.25, 0.3) is 0 Å². The second-order valence-electron chi connectivity index (χ2n) is 6.42. The van der Waals surface area contributed by atoms with E-state index in [4.69, 9.17) is 9.47 Å². The number of carbonyl (C=O) groups is 1. The number of ether oxygens (including phenoxy) is 2. The minimum Gasteiger partial charge on any atom is -0.481 e. The van der Waals surface area contributed by atoms with Crippen LogP contribution in [-0.2, 0) is 16.1 Å². The molecule has 0 aromatic carbocycles. The Labute approximate surface area is 177 Å². The first-order valence-electron chi connectivity index (χ1n) is 9.06. The number of pyridine rings is 1. The van der Waals surface area contributed by atoms with Crippen molar-refractivity contribution in [2.45, 2.75) is 25.5 Å². The number of guanidine groups is 1. The fourth-order valence-electron chi connectivity index (χ4n) is 3.26. The molecular weight excluding hydrogens is 461 g/mol. The number of methoxy groups -OCH3 is 1. The van der Waals surface area contributed by atoms with Gasteiger partial charge in [-0.1, -0.05) is 6.07 Å². The van der Waals surface area contributed by atoms with Gasteiger partial charge in [0.15, 0.2) is 5.96 Å². The fourth-order valence-corrected chi connectivity index (χ4v) is 3.26. The summed E-state index contributed by atoms with van der Waals surface area (Å²) in [7, 11) is 3.38. The van der Waals surface area contributed by atoms with Crippen LogP contribution < -0.4 is 10.1 Å². The predicted octanol–water partition coefficient (Wildman–Crippen LogP) is 1.11. The first-order chi connectivity index (χ1) is 12.7. The third kappa shape index (κ3) is 5.68. The molecule has 2 aliphatic rings. The van der Waals surface area contributed by atoms with Crippen LogP contribution in [0.4, 0.5) is 0 Å². The molecule has 2 fully saturated rings. The average molecular weight is 489 g/mol. The van der Waals surface area contributed by atoms with Crippen LogP contribution in [-0.4, -0.2) is 79.7 Å². The number of carbonyl (C=O) groups excluding carboxylic acids is 1. The number of aliphatic imine (C=N–C) groups is 1. The molecule has 0 radical (unpaired) electrons. The molecule has 0 saturated carbocycles. The lowest BCUT2D eigenvalue weighted by molar-refractivity contribution is -0.142. The summed E-state index contributed by atoms with van der Waals surface area (Å²) < 4.78 is 10.6. The van der Waals surface area contributed by atoms with E-state index < -0.39 is 0 Å². The molecule has 1 amide bonds. The van der Waals surface area contributed by atoms with Gasteiger partial charge in [-0.25, -0.2) is 4.98 Å². The molecule has 9 heteroatoms. The van der Waals surface area contributed by atoms with E-state index in [1.807, 2.05) is 17.0 Å². The van der Waals surface area contributed by atoms with Gasteiger partial charge in [-0.15, -0.1) is 24.0 Å². The number of hydrogen-bond donors (Lipinski definition) is 1. The zero-order valence-electron chi connectivity index (χ0n) is 15.9. The summed E-state index contributed by atoms with van der Waals surface area (Å²) in [5, 5.41) is 3.36. The number of nitrogens with zero attached hydrogens (tertiary/aromatic N) is 4. The van der Waals surface area contributed by atoms with E-state index in [1.54, 1.807) is 20.4 Å². The van der Waals surface area contributed by atoms with Crippen molar-refractivity contribution in [1.29, 1.82) is 0 Å². The summed E-state index contributed by atoms with van der Waals surface area (Å²) in [5.41, 5.74) is 1.05. The maximum Gasteiger partial charge on any atom is 0.251 e. The van der Waals surface area contributed by atoms with Crippen molar-refractivity contribution in [2.24, 2.45) is 4.99 Å². The summed E-state index contributed by atoms with van der Waals surface area (Å²) in [6.07, 6.45) is 3.38. The van der Waals surface area contributed by atoms with E-state index in [0.29, 0.717) is 32.1 Å². The highest BCUT2D eigenvalue weighted by Crippen LogP contribution is 2.16. The molecule has 0 aliphatic carbocycles. The van der Waals surface area contributed by atoms with Crippen molar-refractivity contribution in [3.8, 4) is 5.88 Å². The molecule has 1 unspecified atom stereocenters. The van der Waals surface area contributed by atoms with Crippen LogP contribution in [0, 0.1) is 0 Å². The Morgan fingerprint density at radius 1 is 1.33 bits per heavy atom. The van der Waals surface area contributed by atoms with Crippen molar-refractivity contribution in [3.05, 3.63) is 23.9 Å². The average Bonchev–Trinajstić information content (AvgIpc) is 3.24. The molecule has 1 aromatic heterocycles. The van der Waals surface area contributed by atoms with E-state index in [-0.39, 0.29) is 36.0 Å². The third-order valence-corrected chi connectivity index (χ3v) is 4.77. The fraction of sp³-hybridized carbons (Fsp3) is 0.611. The summed E-state index contributed by atoms with van der Waals surface area (Å²) in [6, 6.07) is 3.82. The molecular formula is C18H28IN5O3. The minimum absolute atomic E-state index is 0. The largest absolute Gasteiger partial charge is 0.481 e. The number of amides is 1. The molecule has 2 aliphatic heterocycles. The number of aromatic nitrogens is 1. The Hall–Kier alpha value is -1.62. The summed E-state index contributed by atoms with van der Waals surface area (Å²) in [4.78, 5) is 25.1. The molecule has 8 nitrogen and oxygen atoms in total. The van der Waals surface area contributed by atoms with Gasteiger partial charge in [0.05, 0.1) is 7.11 Å². The topological polar surface area (TPSA) is 79.3 Å². The van der Waals surface area contributed by atoms with Crippen molar-refractivity contribution < 1.29 is 14.3 Å². The van der Waals surface area contributed by atoms with Crippen molar-refractivity contribution in [3.63, 3.8) is 0 Å². The van der Waals surface area contributed by atoms with Crippen molar-refractivity contribution >= 4 is 35.8 Å². The Bertz CT molecular complexity index is 626. The standard InChI is InChI=1S/C18H27N5O3.HI/c1-19-18(21-13-14-5-6-16(25-2)20-12-14)23-9-7-22(8-10-23)17(24)15-4-3-11-26-15;/h5-6,12,15H,3-4,7-11,13H2,1-2H3,(H,19,21);1H. The van der Waals surface area contributed by atoms with Crippen LogP contribution >= 0.6 is 24.0 Å². The Balaban J connectivity index is 0.00000261. The summed E-state index contributed by atoms with van der Waals surface area (Å²) in [6.45, 7) is 4.26. The van der Waals surface area contributed by atoms with E-state index in [9.17, 15) is 4.79 Å². The molecule has 0 spiro atoms. The Kier molecular flexibility index (Phi) is 8.55. The van der Waals surface area contributed by atoms with E-state index in [1.165, 1.54) is 0 Å². The van der Waals surface area contributed by atoms with Crippen LogP contribution in [0.15, 0.2) is 23.3 Å². The highest BCUT2D eigenvalue weighted by atomic mass is 127. The normalized spacial score (nSPS) is 20.2. The Morgan fingerprint density at radius 3 is 2.63 bits per heavy atom. The minimum atomic E-state index is -0.235. The van der Waals surface area contributed by atoms with Crippen LogP contribution in [0.2, 0.25) is 0 Å². The van der Waals surface area contributed by atoms with E-state index in [0.717, 1.165) is 37.5 Å². The first-order valence-corrected chi connectivity index (χ1v) is 9.06. The zero-order chi connectivity index (χ0) is 18.4. The number of halogens is 1. The van der Waals surface area contributed by atoms with Gasteiger partial charge in [0.1, 0.15) is 6.10 Å². The summed E-state index contributed by atoms with van der Waals surface area (Å²) in [5.74, 6) is 1.57. The predicted molar refractivity (Wildman–Crippen MR) is 114 cm³/mol. The van der Waals surface area contributed by atoms with Crippen LogP contribution in [0.1, 0.15) is 18.4 Å². The highest BCUT2D eigenvalue weighted by molar-refractivity contribution is 14.0. The molecule has 3 heterocycles. The highest BCUT2D eigenvalue weighted by Gasteiger charge is 2.30. The van der Waals surface area contributed by atoms with E-state index >= 15 is 0 Å². The molecule has 27 heavy (non-hydrogen) atoms. The van der Waals surface area contributed by atoms with Gasteiger partial charge < -0.3 is 24.6 Å².